The molecule has 2 aliphatic heterocycles. The molecule has 2 N–H and O–H groups in total. The van der Waals surface area contributed by atoms with E-state index >= 15 is 0 Å². The molecule has 1 atom stereocenters. The fraction of sp³-hybridized carbons (Fsp3) is 0.667. The van der Waals surface area contributed by atoms with Crippen molar-refractivity contribution >= 4 is 15.9 Å². The van der Waals surface area contributed by atoms with E-state index in [0.29, 0.717) is 6.54 Å². The van der Waals surface area contributed by atoms with Crippen molar-refractivity contribution in [1.82, 2.24) is 9.80 Å². The molecule has 23 heavy (non-hydrogen) atoms. The third-order valence-corrected chi connectivity index (χ3v) is 5.41. The summed E-state index contributed by atoms with van der Waals surface area (Å²) in [5.41, 5.74) is 0. The molecule has 2 fully saturated rings. The van der Waals surface area contributed by atoms with Gasteiger partial charge >= 0.3 is 0 Å². The second-order valence-electron chi connectivity index (χ2n) is 6.32. The van der Waals surface area contributed by atoms with E-state index in [4.69, 9.17) is 9.56 Å². The number of nitrogens with zero attached hydrogens (tertiary/aromatic N) is 2. The lowest BCUT2D eigenvalue weighted by atomic mass is 10.1. The summed E-state index contributed by atoms with van der Waals surface area (Å²) in [7, 11) is -3.92. The number of primary sulfonamides is 1. The second kappa shape index (κ2) is 6.62. The van der Waals surface area contributed by atoms with Gasteiger partial charge in [0.25, 0.3) is 15.9 Å². The average Bonchev–Trinajstić information content (AvgIpc) is 3.16. The highest BCUT2D eigenvalue weighted by Crippen LogP contribution is 2.23. The Morgan fingerprint density at radius 1 is 1.17 bits per heavy atom. The van der Waals surface area contributed by atoms with Gasteiger partial charge in [0.15, 0.2) is 5.76 Å². The second-order valence-corrected chi connectivity index (χ2v) is 7.81. The summed E-state index contributed by atoms with van der Waals surface area (Å²) in [5.74, 6) is -0.209. The topological polar surface area (TPSA) is 96.8 Å². The first-order chi connectivity index (χ1) is 10.9. The summed E-state index contributed by atoms with van der Waals surface area (Å²) in [4.78, 5) is 16.8. The molecule has 3 rings (SSSR count). The Morgan fingerprint density at radius 2 is 1.91 bits per heavy atom. The van der Waals surface area contributed by atoms with Gasteiger partial charge in [-0.2, -0.15) is 0 Å². The summed E-state index contributed by atoms with van der Waals surface area (Å²) in [6.07, 6.45) is 5.66. The predicted octanol–water partition coefficient (Wildman–Crippen LogP) is 1.02. The first-order valence-electron chi connectivity index (χ1n) is 8.11. The van der Waals surface area contributed by atoms with E-state index in [-0.39, 0.29) is 22.8 Å². The highest BCUT2D eigenvalue weighted by molar-refractivity contribution is 7.89. The molecule has 0 radical (unpaired) electrons. The van der Waals surface area contributed by atoms with Crippen LogP contribution in [-0.2, 0) is 10.0 Å². The number of piperidine rings is 1. The number of furan rings is 1. The van der Waals surface area contributed by atoms with Gasteiger partial charge in [0.05, 0.1) is 0 Å². The van der Waals surface area contributed by atoms with Crippen molar-refractivity contribution in [1.29, 1.82) is 0 Å². The van der Waals surface area contributed by atoms with Gasteiger partial charge in [-0.25, -0.2) is 13.6 Å². The maximum absolute atomic E-state index is 12.6. The largest absolute Gasteiger partial charge is 0.438 e. The smallest absolute Gasteiger partial charge is 0.289 e. The fourth-order valence-corrected chi connectivity index (χ4v) is 3.93. The fourth-order valence-electron chi connectivity index (χ4n) is 3.46. The lowest BCUT2D eigenvalue weighted by molar-refractivity contribution is 0.0653. The zero-order valence-corrected chi connectivity index (χ0v) is 13.9. The molecular formula is C15H23N3O4S. The molecule has 0 aliphatic carbocycles. The minimum absolute atomic E-state index is 0.0413. The van der Waals surface area contributed by atoms with Crippen LogP contribution in [0.5, 0.6) is 0 Å². The van der Waals surface area contributed by atoms with Gasteiger partial charge in [0, 0.05) is 19.1 Å². The number of carbonyl (C=O) groups is 1. The molecule has 1 aromatic heterocycles. The number of amides is 1. The van der Waals surface area contributed by atoms with Gasteiger partial charge in [-0.05, 0) is 50.9 Å². The average molecular weight is 341 g/mol. The predicted molar refractivity (Wildman–Crippen MR) is 84.4 cm³/mol. The van der Waals surface area contributed by atoms with Crippen LogP contribution in [0, 0.1) is 0 Å². The summed E-state index contributed by atoms with van der Waals surface area (Å²) >= 11 is 0. The summed E-state index contributed by atoms with van der Waals surface area (Å²) in [6, 6.07) is 2.79. The highest BCUT2D eigenvalue weighted by Gasteiger charge is 2.32. The lowest BCUT2D eigenvalue weighted by Gasteiger charge is -2.32. The molecule has 1 aromatic rings. The monoisotopic (exact) mass is 341 g/mol. The molecule has 2 aliphatic rings. The molecule has 1 unspecified atom stereocenters. The lowest BCUT2D eigenvalue weighted by Crippen LogP contribution is -2.44. The molecule has 0 spiro atoms. The SMILES string of the molecule is NS(=O)(=O)c1ccc(C(=O)N2CCCC2CN2CCCCC2)o1. The highest BCUT2D eigenvalue weighted by atomic mass is 32.2. The van der Waals surface area contributed by atoms with Gasteiger partial charge in [-0.3, -0.25) is 4.79 Å². The van der Waals surface area contributed by atoms with Gasteiger partial charge in [-0.15, -0.1) is 0 Å². The van der Waals surface area contributed by atoms with Crippen LogP contribution < -0.4 is 5.14 Å². The Kier molecular flexibility index (Phi) is 4.74. The van der Waals surface area contributed by atoms with Crippen molar-refractivity contribution in [3.63, 3.8) is 0 Å². The van der Waals surface area contributed by atoms with E-state index in [9.17, 15) is 13.2 Å². The standard InChI is InChI=1S/C15H23N3O4S/c16-23(20,21)14-7-6-13(22-14)15(19)18-10-4-5-12(18)11-17-8-2-1-3-9-17/h6-7,12H,1-5,8-11H2,(H2,16,20,21). The minimum Gasteiger partial charge on any atom is -0.438 e. The van der Waals surface area contributed by atoms with Crippen LogP contribution in [0.25, 0.3) is 0 Å². The van der Waals surface area contributed by atoms with E-state index in [2.05, 4.69) is 4.90 Å². The van der Waals surface area contributed by atoms with E-state index < -0.39 is 10.0 Å². The molecular weight excluding hydrogens is 318 g/mol. The van der Waals surface area contributed by atoms with E-state index in [1.807, 2.05) is 0 Å². The Balaban J connectivity index is 1.69. The van der Waals surface area contributed by atoms with Crippen LogP contribution in [0.3, 0.4) is 0 Å². The van der Waals surface area contributed by atoms with Crippen LogP contribution in [0.15, 0.2) is 21.6 Å². The van der Waals surface area contributed by atoms with E-state index in [0.717, 1.165) is 32.5 Å². The first-order valence-corrected chi connectivity index (χ1v) is 9.66. The number of hydrogen-bond acceptors (Lipinski definition) is 5. The van der Waals surface area contributed by atoms with Crippen LogP contribution in [0.1, 0.15) is 42.7 Å². The zero-order chi connectivity index (χ0) is 16.4. The van der Waals surface area contributed by atoms with E-state index in [1.165, 1.54) is 31.4 Å². The van der Waals surface area contributed by atoms with Gasteiger partial charge in [0.1, 0.15) is 0 Å². The maximum Gasteiger partial charge on any atom is 0.289 e. The molecule has 2 saturated heterocycles. The molecule has 0 aromatic carbocycles. The van der Waals surface area contributed by atoms with Gasteiger partial charge in [-0.1, -0.05) is 6.42 Å². The Labute approximate surface area is 136 Å². The number of sulfonamides is 1. The summed E-state index contributed by atoms with van der Waals surface area (Å²) < 4.78 is 27.7. The first kappa shape index (κ1) is 16.5. The number of carbonyl (C=O) groups excluding carboxylic acids is 1. The molecule has 0 bridgehead atoms. The molecule has 128 valence electrons. The third kappa shape index (κ3) is 3.76. The zero-order valence-electron chi connectivity index (χ0n) is 13.1. The molecule has 8 heteroatoms. The van der Waals surface area contributed by atoms with Gasteiger partial charge < -0.3 is 14.2 Å². The summed E-state index contributed by atoms with van der Waals surface area (Å²) in [5, 5.41) is 4.65. The number of likely N-dealkylation sites (tertiary alicyclic amines) is 2. The Bertz CT molecular complexity index is 664. The number of rotatable bonds is 4. The number of hydrogen-bond donors (Lipinski definition) is 1. The minimum atomic E-state index is -3.92. The molecule has 0 saturated carbocycles. The van der Waals surface area contributed by atoms with Crippen LogP contribution in [0.2, 0.25) is 0 Å². The Morgan fingerprint density at radius 3 is 2.57 bits per heavy atom. The molecule has 3 heterocycles. The Hall–Kier alpha value is -1.38. The molecule has 1 amide bonds. The third-order valence-electron chi connectivity index (χ3n) is 4.63. The van der Waals surface area contributed by atoms with Crippen molar-refractivity contribution in [3.8, 4) is 0 Å². The summed E-state index contributed by atoms with van der Waals surface area (Å²) in [6.45, 7) is 3.75. The van der Waals surface area contributed by atoms with Crippen molar-refractivity contribution in [2.24, 2.45) is 5.14 Å². The normalized spacial score (nSPS) is 23.3. The maximum atomic E-state index is 12.6. The van der Waals surface area contributed by atoms with Crippen molar-refractivity contribution in [3.05, 3.63) is 17.9 Å². The number of nitrogens with two attached hydrogens (primary N) is 1. The van der Waals surface area contributed by atoms with Crippen molar-refractivity contribution < 1.29 is 17.6 Å². The van der Waals surface area contributed by atoms with Crippen molar-refractivity contribution in [2.75, 3.05) is 26.2 Å². The molecule has 7 nitrogen and oxygen atoms in total. The van der Waals surface area contributed by atoms with Crippen LogP contribution in [-0.4, -0.2) is 56.3 Å². The van der Waals surface area contributed by atoms with Gasteiger partial charge in [0.2, 0.25) is 5.09 Å². The van der Waals surface area contributed by atoms with Crippen LogP contribution >= 0.6 is 0 Å². The quantitative estimate of drug-likeness (QED) is 0.882. The van der Waals surface area contributed by atoms with Crippen molar-refractivity contribution in [2.45, 2.75) is 43.2 Å². The van der Waals surface area contributed by atoms with E-state index in [1.54, 1.807) is 4.90 Å². The van der Waals surface area contributed by atoms with Crippen LogP contribution in [0.4, 0.5) is 0 Å².